The predicted molar refractivity (Wildman–Crippen MR) is 110 cm³/mol. The molecule has 0 aliphatic carbocycles. The average Bonchev–Trinajstić information content (AvgIpc) is 2.68. The van der Waals surface area contributed by atoms with Crippen LogP contribution in [0.4, 0.5) is 5.69 Å². The van der Waals surface area contributed by atoms with Crippen molar-refractivity contribution < 1.29 is 9.90 Å². The number of hydrogen-bond acceptors (Lipinski definition) is 2. The van der Waals surface area contributed by atoms with Gasteiger partial charge in [0.1, 0.15) is 5.60 Å². The van der Waals surface area contributed by atoms with Crippen molar-refractivity contribution in [2.24, 2.45) is 0 Å². The first-order chi connectivity index (χ1) is 12.8. The molecule has 0 spiro atoms. The molecular weight excluding hydrogens is 405 g/mol. The quantitative estimate of drug-likeness (QED) is 0.446. The number of benzene rings is 3. The average molecular weight is 421 g/mol. The highest BCUT2D eigenvalue weighted by Gasteiger charge is 2.37. The summed E-state index contributed by atoms with van der Waals surface area (Å²) in [6, 6.07) is 25.3. The van der Waals surface area contributed by atoms with E-state index in [1.807, 2.05) is 60.7 Å². The number of halogens is 3. The van der Waals surface area contributed by atoms with Crippen LogP contribution in [-0.4, -0.2) is 14.8 Å². The van der Waals surface area contributed by atoms with Crippen LogP contribution in [0, 0.1) is 0 Å². The lowest BCUT2D eigenvalue weighted by Crippen LogP contribution is -2.32. The van der Waals surface area contributed by atoms with Gasteiger partial charge in [0, 0.05) is 11.3 Å². The number of alkyl halides is 3. The van der Waals surface area contributed by atoms with Crippen LogP contribution in [0.3, 0.4) is 0 Å². The summed E-state index contributed by atoms with van der Waals surface area (Å²) in [6.45, 7) is 0. The molecule has 0 bridgehead atoms. The smallest absolute Gasteiger partial charge is 0.276 e. The minimum Gasteiger partial charge on any atom is -0.376 e. The third kappa shape index (κ3) is 4.12. The maximum absolute atomic E-state index is 12.2. The second-order valence-electron chi connectivity index (χ2n) is 5.94. The number of hydrogen-bond donors (Lipinski definition) is 2. The van der Waals surface area contributed by atoms with Gasteiger partial charge in [-0.3, -0.25) is 4.79 Å². The van der Waals surface area contributed by atoms with E-state index >= 15 is 0 Å². The van der Waals surface area contributed by atoms with Crippen molar-refractivity contribution in [3.05, 3.63) is 102 Å². The molecule has 3 aromatic carbocycles. The molecule has 3 nitrogen and oxygen atoms in total. The van der Waals surface area contributed by atoms with Crippen molar-refractivity contribution in [1.82, 2.24) is 0 Å². The molecule has 0 heterocycles. The van der Waals surface area contributed by atoms with E-state index in [9.17, 15) is 9.90 Å². The van der Waals surface area contributed by atoms with Gasteiger partial charge >= 0.3 is 0 Å². The van der Waals surface area contributed by atoms with Crippen LogP contribution < -0.4 is 5.32 Å². The number of rotatable bonds is 4. The van der Waals surface area contributed by atoms with Gasteiger partial charge in [-0.2, -0.15) is 0 Å². The maximum Gasteiger partial charge on any atom is 0.276 e. The Morgan fingerprint density at radius 2 is 1.19 bits per heavy atom. The summed E-state index contributed by atoms with van der Waals surface area (Å²) in [5.74, 6) is -0.802. The molecule has 2 N–H and O–H groups in total. The molecule has 0 radical (unpaired) electrons. The number of aliphatic hydroxyl groups is 1. The standard InChI is InChI=1S/C21H16Cl3NO2/c22-21(23,24)19(26)25-18-14-8-7-13-17(18)20(27,15-9-3-1-4-10-15)16-11-5-2-6-12-16/h1-14,27H,(H,25,26). The molecule has 27 heavy (non-hydrogen) atoms. The van der Waals surface area contributed by atoms with Crippen LogP contribution in [0.15, 0.2) is 84.9 Å². The third-order valence-electron chi connectivity index (χ3n) is 4.21. The second-order valence-corrected chi connectivity index (χ2v) is 8.22. The van der Waals surface area contributed by atoms with E-state index in [1.165, 1.54) is 0 Å². The van der Waals surface area contributed by atoms with Gasteiger partial charge in [0.05, 0.1) is 0 Å². The van der Waals surface area contributed by atoms with Crippen molar-refractivity contribution in [3.8, 4) is 0 Å². The summed E-state index contributed by atoms with van der Waals surface area (Å²) in [6.07, 6.45) is 0. The summed E-state index contributed by atoms with van der Waals surface area (Å²) in [5.41, 5.74) is 0.590. The lowest BCUT2D eigenvalue weighted by molar-refractivity contribution is -0.115. The Morgan fingerprint density at radius 3 is 1.67 bits per heavy atom. The van der Waals surface area contributed by atoms with E-state index in [-0.39, 0.29) is 0 Å². The Balaban J connectivity index is 2.19. The topological polar surface area (TPSA) is 49.3 Å². The molecule has 0 aliphatic rings. The Hall–Kier alpha value is -2.04. The predicted octanol–water partition coefficient (Wildman–Crippen LogP) is 5.28. The Morgan fingerprint density at radius 1 is 0.741 bits per heavy atom. The molecule has 0 fully saturated rings. The molecule has 138 valence electrons. The van der Waals surface area contributed by atoms with E-state index in [1.54, 1.807) is 24.3 Å². The van der Waals surface area contributed by atoms with Gasteiger partial charge in [-0.1, -0.05) is 114 Å². The van der Waals surface area contributed by atoms with E-state index in [2.05, 4.69) is 5.32 Å². The van der Waals surface area contributed by atoms with Gasteiger partial charge in [0.2, 0.25) is 0 Å². The lowest BCUT2D eigenvalue weighted by atomic mass is 9.79. The molecule has 6 heteroatoms. The fraction of sp³-hybridized carbons (Fsp3) is 0.0952. The Kier molecular flexibility index (Phi) is 5.78. The summed E-state index contributed by atoms with van der Waals surface area (Å²) >= 11 is 17.1. The first kappa shape index (κ1) is 19.7. The summed E-state index contributed by atoms with van der Waals surface area (Å²) in [4.78, 5) is 12.2. The second kappa shape index (κ2) is 7.91. The number of carbonyl (C=O) groups excluding carboxylic acids is 1. The largest absolute Gasteiger partial charge is 0.376 e. The van der Waals surface area contributed by atoms with Gasteiger partial charge in [-0.15, -0.1) is 0 Å². The maximum atomic E-state index is 12.2. The first-order valence-electron chi connectivity index (χ1n) is 8.14. The van der Waals surface area contributed by atoms with Crippen LogP contribution in [0.1, 0.15) is 16.7 Å². The highest BCUT2D eigenvalue weighted by Crippen LogP contribution is 2.40. The zero-order valence-electron chi connectivity index (χ0n) is 14.1. The number of amides is 1. The molecule has 0 unspecified atom stereocenters. The van der Waals surface area contributed by atoms with Crippen LogP contribution in [0.2, 0.25) is 0 Å². The number of nitrogens with one attached hydrogen (secondary N) is 1. The van der Waals surface area contributed by atoms with Crippen molar-refractivity contribution in [1.29, 1.82) is 0 Å². The minimum absolute atomic E-state index is 0.351. The molecule has 3 rings (SSSR count). The van der Waals surface area contributed by atoms with Gasteiger partial charge in [-0.25, -0.2) is 0 Å². The van der Waals surface area contributed by atoms with Crippen molar-refractivity contribution in [2.75, 3.05) is 5.32 Å². The fourth-order valence-corrected chi connectivity index (χ4v) is 3.08. The summed E-state index contributed by atoms with van der Waals surface area (Å²) in [5, 5.41) is 14.5. The van der Waals surface area contributed by atoms with Crippen molar-refractivity contribution in [2.45, 2.75) is 9.39 Å². The van der Waals surface area contributed by atoms with E-state index in [0.717, 1.165) is 0 Å². The summed E-state index contributed by atoms with van der Waals surface area (Å²) in [7, 11) is 0. The van der Waals surface area contributed by atoms with Gasteiger partial charge < -0.3 is 10.4 Å². The van der Waals surface area contributed by atoms with Crippen molar-refractivity contribution in [3.63, 3.8) is 0 Å². The fourth-order valence-electron chi connectivity index (χ4n) is 2.94. The number of anilines is 1. The molecule has 0 atom stereocenters. The normalized spacial score (nSPS) is 11.9. The Bertz CT molecular complexity index is 885. The summed E-state index contributed by atoms with van der Waals surface area (Å²) < 4.78 is -2.12. The van der Waals surface area contributed by atoms with Crippen LogP contribution in [-0.2, 0) is 10.4 Å². The third-order valence-corrected chi connectivity index (χ3v) is 4.72. The molecule has 0 aliphatic heterocycles. The van der Waals surface area contributed by atoms with E-state index in [0.29, 0.717) is 22.4 Å². The SMILES string of the molecule is O=C(Nc1ccccc1C(O)(c1ccccc1)c1ccccc1)C(Cl)(Cl)Cl. The lowest BCUT2D eigenvalue weighted by Gasteiger charge is -2.32. The Labute approximate surface area is 172 Å². The zero-order valence-corrected chi connectivity index (χ0v) is 16.3. The molecule has 1 amide bonds. The van der Waals surface area contributed by atoms with Crippen LogP contribution in [0.25, 0.3) is 0 Å². The molecule has 0 saturated carbocycles. The molecule has 0 saturated heterocycles. The van der Waals surface area contributed by atoms with Gasteiger partial charge in [-0.05, 0) is 17.2 Å². The highest BCUT2D eigenvalue weighted by atomic mass is 35.6. The van der Waals surface area contributed by atoms with E-state index in [4.69, 9.17) is 34.8 Å². The first-order valence-corrected chi connectivity index (χ1v) is 9.28. The minimum atomic E-state index is -2.12. The van der Waals surface area contributed by atoms with Crippen LogP contribution in [0.5, 0.6) is 0 Å². The van der Waals surface area contributed by atoms with E-state index < -0.39 is 15.3 Å². The van der Waals surface area contributed by atoms with Crippen LogP contribution >= 0.6 is 34.8 Å². The zero-order chi connectivity index (χ0) is 19.5. The van der Waals surface area contributed by atoms with Crippen molar-refractivity contribution >= 4 is 46.4 Å². The number of para-hydroxylation sites is 1. The number of carbonyl (C=O) groups is 1. The highest BCUT2D eigenvalue weighted by molar-refractivity contribution is 6.76. The van der Waals surface area contributed by atoms with Gasteiger partial charge in [0.25, 0.3) is 9.70 Å². The molecular formula is C21H16Cl3NO2. The molecule has 3 aromatic rings. The monoisotopic (exact) mass is 419 g/mol. The van der Waals surface area contributed by atoms with Gasteiger partial charge in [0.15, 0.2) is 0 Å². The molecule has 0 aromatic heterocycles.